The molecule has 0 bridgehead atoms. The third-order valence-corrected chi connectivity index (χ3v) is 6.94. The fraction of sp³-hybridized carbons (Fsp3) is 0.147. The van der Waals surface area contributed by atoms with Crippen molar-refractivity contribution in [3.05, 3.63) is 123 Å². The summed E-state index contributed by atoms with van der Waals surface area (Å²) >= 11 is 5.93. The molecule has 4 aromatic rings. The number of carbonyl (C=O) groups is 3. The Labute approximate surface area is 254 Å². The molecular weight excluding hydrogens is 568 g/mol. The SMILES string of the molecule is COc1cc(/C=C2\C(=O)NC(=O)N(c3ccc(OCc4ccc(Cl)cc4)cc3)C2=O)ccc1OCc1cc(C)cc(C)c1. The predicted molar refractivity (Wildman–Crippen MR) is 164 cm³/mol. The van der Waals surface area contributed by atoms with Gasteiger partial charge in [0, 0.05) is 5.02 Å². The number of urea groups is 1. The fourth-order valence-corrected chi connectivity index (χ4v) is 4.83. The number of halogens is 1. The van der Waals surface area contributed by atoms with Crippen molar-refractivity contribution in [1.82, 2.24) is 5.32 Å². The van der Waals surface area contributed by atoms with Crippen molar-refractivity contribution in [3.8, 4) is 17.2 Å². The molecule has 0 unspecified atom stereocenters. The van der Waals surface area contributed by atoms with Crippen molar-refractivity contribution in [1.29, 1.82) is 0 Å². The number of rotatable bonds is 9. The van der Waals surface area contributed by atoms with Crippen LogP contribution in [-0.2, 0) is 22.8 Å². The Morgan fingerprint density at radius 3 is 2.12 bits per heavy atom. The zero-order valence-electron chi connectivity index (χ0n) is 23.8. The van der Waals surface area contributed by atoms with Gasteiger partial charge in [-0.15, -0.1) is 0 Å². The number of amides is 4. The van der Waals surface area contributed by atoms with Crippen LogP contribution in [0.15, 0.2) is 90.5 Å². The summed E-state index contributed by atoms with van der Waals surface area (Å²) in [5.74, 6) is -0.0498. The van der Waals surface area contributed by atoms with Crippen molar-refractivity contribution in [2.75, 3.05) is 12.0 Å². The van der Waals surface area contributed by atoms with E-state index in [-0.39, 0.29) is 11.3 Å². The number of anilines is 1. The van der Waals surface area contributed by atoms with Gasteiger partial charge in [-0.2, -0.15) is 0 Å². The highest BCUT2D eigenvalue weighted by atomic mass is 35.5. The average Bonchev–Trinajstić information content (AvgIpc) is 2.98. The number of barbiturate groups is 1. The molecule has 43 heavy (non-hydrogen) atoms. The molecule has 0 radical (unpaired) electrons. The van der Waals surface area contributed by atoms with E-state index in [2.05, 4.69) is 23.5 Å². The molecule has 1 aliphatic heterocycles. The Hall–Kier alpha value is -5.08. The Morgan fingerprint density at radius 1 is 0.767 bits per heavy atom. The van der Waals surface area contributed by atoms with E-state index in [9.17, 15) is 14.4 Å². The van der Waals surface area contributed by atoms with Gasteiger partial charge in [0.1, 0.15) is 24.5 Å². The summed E-state index contributed by atoms with van der Waals surface area (Å²) in [5, 5.41) is 2.88. The molecule has 8 nitrogen and oxygen atoms in total. The summed E-state index contributed by atoms with van der Waals surface area (Å²) in [7, 11) is 1.51. The predicted octanol–water partition coefficient (Wildman–Crippen LogP) is 6.79. The first-order valence-corrected chi connectivity index (χ1v) is 13.8. The summed E-state index contributed by atoms with van der Waals surface area (Å²) in [6, 6.07) is 24.2. The molecule has 1 N–H and O–H groups in total. The lowest BCUT2D eigenvalue weighted by Crippen LogP contribution is -2.54. The fourth-order valence-electron chi connectivity index (χ4n) is 4.70. The van der Waals surface area contributed by atoms with Crippen molar-refractivity contribution in [2.24, 2.45) is 0 Å². The van der Waals surface area contributed by atoms with Crippen molar-refractivity contribution < 1.29 is 28.6 Å². The molecule has 4 amide bonds. The molecule has 0 atom stereocenters. The van der Waals surface area contributed by atoms with E-state index < -0.39 is 17.8 Å². The van der Waals surface area contributed by atoms with Crippen LogP contribution in [0.1, 0.15) is 27.8 Å². The Kier molecular flexibility index (Phi) is 8.78. The average molecular weight is 597 g/mol. The number of nitrogens with one attached hydrogen (secondary N) is 1. The maximum absolute atomic E-state index is 13.4. The summed E-state index contributed by atoms with van der Waals surface area (Å²) in [6.45, 7) is 4.73. The van der Waals surface area contributed by atoms with Gasteiger partial charge >= 0.3 is 6.03 Å². The molecule has 0 saturated carbocycles. The molecule has 218 valence electrons. The van der Waals surface area contributed by atoms with Crippen LogP contribution in [0, 0.1) is 13.8 Å². The standard InChI is InChI=1S/C34H29ClN2O6/c1-21-14-22(2)16-25(15-21)20-43-30-13-6-24(18-31(30)41-3)17-29-32(38)36-34(40)37(33(29)39)27-9-11-28(12-10-27)42-19-23-4-7-26(35)8-5-23/h4-18H,19-20H2,1-3H3,(H,36,38,40)/b29-17+. The highest BCUT2D eigenvalue weighted by Crippen LogP contribution is 2.31. The van der Waals surface area contributed by atoms with Gasteiger partial charge in [0.25, 0.3) is 11.8 Å². The highest BCUT2D eigenvalue weighted by molar-refractivity contribution is 6.39. The van der Waals surface area contributed by atoms with E-state index in [1.54, 1.807) is 54.6 Å². The first kappa shape index (κ1) is 29.4. The molecule has 1 saturated heterocycles. The quantitative estimate of drug-likeness (QED) is 0.169. The van der Waals surface area contributed by atoms with E-state index in [1.807, 2.05) is 26.0 Å². The molecule has 1 aliphatic rings. The number of methoxy groups -OCH3 is 1. The second kappa shape index (κ2) is 12.8. The van der Waals surface area contributed by atoms with Crippen LogP contribution < -0.4 is 24.4 Å². The first-order valence-electron chi connectivity index (χ1n) is 13.5. The molecular formula is C34H29ClN2O6. The molecule has 1 heterocycles. The highest BCUT2D eigenvalue weighted by Gasteiger charge is 2.36. The molecule has 0 spiro atoms. The van der Waals surface area contributed by atoms with Crippen molar-refractivity contribution in [2.45, 2.75) is 27.1 Å². The number of benzene rings is 4. The summed E-state index contributed by atoms with van der Waals surface area (Å²) < 4.78 is 17.3. The van der Waals surface area contributed by atoms with Gasteiger partial charge in [0.05, 0.1) is 12.8 Å². The number of aryl methyl sites for hydroxylation is 2. The van der Waals surface area contributed by atoms with Crippen LogP contribution in [0.2, 0.25) is 5.02 Å². The summed E-state index contributed by atoms with van der Waals surface area (Å²) in [6.07, 6.45) is 1.41. The van der Waals surface area contributed by atoms with Gasteiger partial charge in [0.2, 0.25) is 0 Å². The van der Waals surface area contributed by atoms with Crippen LogP contribution in [-0.4, -0.2) is 25.0 Å². The molecule has 5 rings (SSSR count). The third-order valence-electron chi connectivity index (χ3n) is 6.69. The minimum atomic E-state index is -0.838. The first-order chi connectivity index (χ1) is 20.7. The number of ether oxygens (including phenoxy) is 3. The van der Waals surface area contributed by atoms with Crippen molar-refractivity contribution >= 4 is 41.2 Å². The zero-order chi connectivity index (χ0) is 30.5. The second-order valence-electron chi connectivity index (χ2n) is 10.1. The monoisotopic (exact) mass is 596 g/mol. The topological polar surface area (TPSA) is 94.2 Å². The van der Waals surface area contributed by atoms with Gasteiger partial charge in [-0.3, -0.25) is 14.9 Å². The molecule has 0 aromatic heterocycles. The second-order valence-corrected chi connectivity index (χ2v) is 10.5. The maximum atomic E-state index is 13.4. The number of imide groups is 2. The van der Waals surface area contributed by atoms with Gasteiger partial charge in [-0.05, 0) is 85.1 Å². The lowest BCUT2D eigenvalue weighted by Gasteiger charge is -2.26. The van der Waals surface area contributed by atoms with E-state index >= 15 is 0 Å². The van der Waals surface area contributed by atoms with Gasteiger partial charge in [0.15, 0.2) is 11.5 Å². The Morgan fingerprint density at radius 2 is 1.44 bits per heavy atom. The minimum absolute atomic E-state index is 0.200. The number of carbonyl (C=O) groups excluding carboxylic acids is 3. The van der Waals surface area contributed by atoms with Crippen LogP contribution in [0.5, 0.6) is 17.2 Å². The largest absolute Gasteiger partial charge is 0.493 e. The van der Waals surface area contributed by atoms with E-state index in [4.69, 9.17) is 25.8 Å². The summed E-state index contributed by atoms with van der Waals surface area (Å²) in [4.78, 5) is 39.7. The van der Waals surface area contributed by atoms with Crippen molar-refractivity contribution in [3.63, 3.8) is 0 Å². The van der Waals surface area contributed by atoms with Gasteiger partial charge in [-0.1, -0.05) is 59.1 Å². The molecule has 4 aromatic carbocycles. The number of nitrogens with zero attached hydrogens (tertiary/aromatic N) is 1. The zero-order valence-corrected chi connectivity index (χ0v) is 24.6. The number of hydrogen-bond acceptors (Lipinski definition) is 6. The van der Waals surface area contributed by atoms with Crippen LogP contribution in [0.25, 0.3) is 6.08 Å². The molecule has 1 fully saturated rings. The normalized spacial score (nSPS) is 14.1. The lowest BCUT2D eigenvalue weighted by atomic mass is 10.1. The molecule has 0 aliphatic carbocycles. The minimum Gasteiger partial charge on any atom is -0.493 e. The van der Waals surface area contributed by atoms with Gasteiger partial charge < -0.3 is 14.2 Å². The lowest BCUT2D eigenvalue weighted by molar-refractivity contribution is -0.122. The third kappa shape index (κ3) is 7.05. The Bertz CT molecular complexity index is 1690. The Balaban J connectivity index is 1.31. The number of hydrogen-bond donors (Lipinski definition) is 1. The van der Waals surface area contributed by atoms with E-state index in [0.717, 1.165) is 27.2 Å². The van der Waals surface area contributed by atoms with E-state index in [1.165, 1.54) is 13.2 Å². The van der Waals surface area contributed by atoms with E-state index in [0.29, 0.717) is 41.0 Å². The summed E-state index contributed by atoms with van der Waals surface area (Å²) in [5.41, 5.74) is 4.87. The smallest absolute Gasteiger partial charge is 0.335 e. The maximum Gasteiger partial charge on any atom is 0.335 e. The van der Waals surface area contributed by atoms with Crippen LogP contribution in [0.4, 0.5) is 10.5 Å². The van der Waals surface area contributed by atoms with Crippen LogP contribution >= 0.6 is 11.6 Å². The van der Waals surface area contributed by atoms with Gasteiger partial charge in [-0.25, -0.2) is 9.69 Å². The molecule has 9 heteroatoms. The van der Waals surface area contributed by atoms with Crippen LogP contribution in [0.3, 0.4) is 0 Å².